The van der Waals surface area contributed by atoms with Crippen molar-refractivity contribution in [1.29, 1.82) is 0 Å². The molecule has 4 nitrogen and oxygen atoms in total. The second kappa shape index (κ2) is 6.78. The number of carbonyl (C=O) groups excluding carboxylic acids is 1. The van der Waals surface area contributed by atoms with Crippen molar-refractivity contribution in [3.8, 4) is 5.75 Å². The third-order valence-electron chi connectivity index (χ3n) is 3.37. The molecule has 0 unspecified atom stereocenters. The van der Waals surface area contributed by atoms with Crippen LogP contribution in [-0.2, 0) is 17.6 Å². The number of nitrogens with zero attached hydrogens (tertiary/aromatic N) is 1. The predicted octanol–water partition coefficient (Wildman–Crippen LogP) is -2.74. The lowest BCUT2D eigenvalue weighted by atomic mass is 9.89. The summed E-state index contributed by atoms with van der Waals surface area (Å²) in [5.74, 6) is 0.751. The quantitative estimate of drug-likeness (QED) is 0.655. The number of likely N-dealkylation sites (N-methyl/N-ethyl adjacent to an activating group) is 1. The molecule has 3 N–H and O–H groups in total. The lowest BCUT2D eigenvalue weighted by Gasteiger charge is -2.20. The smallest absolute Gasteiger partial charge is 0.259 e. The number of hydrogen-bond acceptors (Lipinski definition) is 2. The van der Waals surface area contributed by atoms with Gasteiger partial charge in [0.05, 0.1) is 6.04 Å². The molecule has 0 radical (unpaired) electrons. The van der Waals surface area contributed by atoms with Gasteiger partial charge >= 0.3 is 0 Å². The van der Waals surface area contributed by atoms with E-state index in [0.717, 1.165) is 25.0 Å². The SMILES string of the molecule is CN(C)C(=O)COc1ccc2c(c1)C[C@@H]([NH3+])CC2.[Cl-]. The Morgan fingerprint density at radius 1 is 1.42 bits per heavy atom. The lowest BCUT2D eigenvalue weighted by Crippen LogP contribution is -3.00. The number of amides is 1. The molecule has 0 spiro atoms. The molecular weight excluding hydrogens is 264 g/mol. The number of hydrogen-bond donors (Lipinski definition) is 1. The van der Waals surface area contributed by atoms with Gasteiger partial charge < -0.3 is 27.8 Å². The number of carbonyl (C=O) groups is 1. The Bertz CT molecular complexity index is 449. The van der Waals surface area contributed by atoms with Crippen molar-refractivity contribution in [2.45, 2.75) is 25.3 Å². The fourth-order valence-electron chi connectivity index (χ4n) is 2.17. The third-order valence-corrected chi connectivity index (χ3v) is 3.37. The molecule has 1 aromatic carbocycles. The highest BCUT2D eigenvalue weighted by Gasteiger charge is 2.18. The van der Waals surface area contributed by atoms with Crippen LogP contribution in [0, 0.1) is 0 Å². The molecule has 1 amide bonds. The van der Waals surface area contributed by atoms with E-state index >= 15 is 0 Å². The minimum Gasteiger partial charge on any atom is -1.00 e. The molecule has 0 saturated heterocycles. The van der Waals surface area contributed by atoms with Crippen molar-refractivity contribution in [1.82, 2.24) is 4.90 Å². The van der Waals surface area contributed by atoms with E-state index in [-0.39, 0.29) is 24.9 Å². The van der Waals surface area contributed by atoms with E-state index in [1.165, 1.54) is 16.0 Å². The monoisotopic (exact) mass is 284 g/mol. The van der Waals surface area contributed by atoms with Crippen molar-refractivity contribution >= 4 is 5.91 Å². The summed E-state index contributed by atoms with van der Waals surface area (Å²) >= 11 is 0. The minimum atomic E-state index is -0.0252. The summed E-state index contributed by atoms with van der Waals surface area (Å²) in [5, 5.41) is 0. The van der Waals surface area contributed by atoms with Gasteiger partial charge in [0.1, 0.15) is 5.75 Å². The first-order valence-corrected chi connectivity index (χ1v) is 6.34. The molecule has 0 aromatic heterocycles. The molecule has 0 aliphatic heterocycles. The standard InChI is InChI=1S/C14H20N2O2.ClH/c1-16(2)14(17)9-18-13-6-4-10-3-5-12(15)7-11(10)8-13;/h4,6,8,12H,3,5,7,9,15H2,1-2H3;1H/t12-;/m0./s1. The van der Waals surface area contributed by atoms with E-state index in [4.69, 9.17) is 4.74 Å². The van der Waals surface area contributed by atoms with Crippen LogP contribution in [0.3, 0.4) is 0 Å². The normalized spacial score (nSPS) is 17.1. The van der Waals surface area contributed by atoms with Crippen LogP contribution in [0.1, 0.15) is 17.5 Å². The molecule has 0 fully saturated rings. The van der Waals surface area contributed by atoms with E-state index in [1.807, 2.05) is 6.07 Å². The fourth-order valence-corrected chi connectivity index (χ4v) is 2.17. The van der Waals surface area contributed by atoms with Crippen molar-refractivity contribution in [3.63, 3.8) is 0 Å². The molecule has 1 aliphatic rings. The number of halogens is 1. The Morgan fingerprint density at radius 3 is 2.84 bits per heavy atom. The second-order valence-corrected chi connectivity index (χ2v) is 5.12. The molecule has 2 rings (SSSR count). The number of quaternary nitrogens is 1. The van der Waals surface area contributed by atoms with E-state index in [9.17, 15) is 4.79 Å². The number of ether oxygens (including phenoxy) is 1. The van der Waals surface area contributed by atoms with Crippen LogP contribution in [0.4, 0.5) is 0 Å². The second-order valence-electron chi connectivity index (χ2n) is 5.12. The van der Waals surface area contributed by atoms with Gasteiger partial charge in [-0.25, -0.2) is 0 Å². The number of fused-ring (bicyclic) bond motifs is 1. The van der Waals surface area contributed by atoms with Gasteiger partial charge in [-0.05, 0) is 29.7 Å². The van der Waals surface area contributed by atoms with Gasteiger partial charge in [-0.3, -0.25) is 4.79 Å². The molecule has 1 aliphatic carbocycles. The highest BCUT2D eigenvalue weighted by Crippen LogP contribution is 2.24. The van der Waals surface area contributed by atoms with Gasteiger partial charge in [0.25, 0.3) is 5.91 Å². The van der Waals surface area contributed by atoms with Crippen molar-refractivity contribution < 1.29 is 27.7 Å². The number of aryl methyl sites for hydroxylation is 1. The Morgan fingerprint density at radius 2 is 2.16 bits per heavy atom. The summed E-state index contributed by atoms with van der Waals surface area (Å²) in [6.07, 6.45) is 3.26. The van der Waals surface area contributed by atoms with Crippen LogP contribution in [0.15, 0.2) is 18.2 Å². The van der Waals surface area contributed by atoms with Gasteiger partial charge in [0, 0.05) is 26.9 Å². The Kier molecular flexibility index (Phi) is 5.63. The first-order valence-electron chi connectivity index (χ1n) is 6.34. The average Bonchev–Trinajstić information content (AvgIpc) is 2.35. The highest BCUT2D eigenvalue weighted by atomic mass is 35.5. The van der Waals surface area contributed by atoms with E-state index in [1.54, 1.807) is 14.1 Å². The maximum atomic E-state index is 11.4. The molecule has 1 aromatic rings. The summed E-state index contributed by atoms with van der Waals surface area (Å²) in [4.78, 5) is 13.0. The van der Waals surface area contributed by atoms with Crippen LogP contribution in [-0.4, -0.2) is 37.6 Å². The van der Waals surface area contributed by atoms with Crippen LogP contribution in [0.25, 0.3) is 0 Å². The van der Waals surface area contributed by atoms with Crippen LogP contribution < -0.4 is 22.9 Å². The van der Waals surface area contributed by atoms with Gasteiger partial charge in [0.15, 0.2) is 6.61 Å². The molecule has 1 atom stereocenters. The molecule has 0 heterocycles. The third kappa shape index (κ3) is 4.11. The summed E-state index contributed by atoms with van der Waals surface area (Å²) in [5.41, 5.74) is 6.83. The highest BCUT2D eigenvalue weighted by molar-refractivity contribution is 5.77. The van der Waals surface area contributed by atoms with Gasteiger partial charge in [0.2, 0.25) is 0 Å². The van der Waals surface area contributed by atoms with Gasteiger partial charge in [-0.15, -0.1) is 0 Å². The van der Waals surface area contributed by atoms with Crippen molar-refractivity contribution in [3.05, 3.63) is 29.3 Å². The maximum Gasteiger partial charge on any atom is 0.259 e. The molecule has 0 saturated carbocycles. The Labute approximate surface area is 120 Å². The molecule has 0 bridgehead atoms. The Hall–Kier alpha value is -1.26. The first kappa shape index (κ1) is 15.8. The Balaban J connectivity index is 0.00000180. The maximum absolute atomic E-state index is 11.4. The number of rotatable bonds is 3. The molecular formula is C14H21ClN2O2. The summed E-state index contributed by atoms with van der Waals surface area (Å²) in [6.45, 7) is 0.0968. The van der Waals surface area contributed by atoms with E-state index in [0.29, 0.717) is 6.04 Å². The van der Waals surface area contributed by atoms with Crippen LogP contribution in [0.2, 0.25) is 0 Å². The fraction of sp³-hybridized carbons (Fsp3) is 0.500. The lowest BCUT2D eigenvalue weighted by molar-refractivity contribution is -0.421. The topological polar surface area (TPSA) is 57.2 Å². The van der Waals surface area contributed by atoms with Crippen molar-refractivity contribution in [2.24, 2.45) is 0 Å². The molecule has 19 heavy (non-hydrogen) atoms. The van der Waals surface area contributed by atoms with E-state index in [2.05, 4.69) is 17.9 Å². The predicted molar refractivity (Wildman–Crippen MR) is 69.3 cm³/mol. The summed E-state index contributed by atoms with van der Waals surface area (Å²) in [7, 11) is 3.46. The van der Waals surface area contributed by atoms with Crippen LogP contribution >= 0.6 is 0 Å². The largest absolute Gasteiger partial charge is 1.00 e. The summed E-state index contributed by atoms with van der Waals surface area (Å²) < 4.78 is 5.52. The zero-order valence-corrected chi connectivity index (χ0v) is 12.2. The average molecular weight is 285 g/mol. The number of benzene rings is 1. The van der Waals surface area contributed by atoms with E-state index < -0.39 is 0 Å². The first-order chi connectivity index (χ1) is 8.56. The zero-order valence-electron chi connectivity index (χ0n) is 11.5. The van der Waals surface area contributed by atoms with Gasteiger partial charge in [-0.2, -0.15) is 0 Å². The van der Waals surface area contributed by atoms with Crippen molar-refractivity contribution in [2.75, 3.05) is 20.7 Å². The molecule has 5 heteroatoms. The molecule has 106 valence electrons. The van der Waals surface area contributed by atoms with Crippen LogP contribution in [0.5, 0.6) is 5.75 Å². The summed E-state index contributed by atoms with van der Waals surface area (Å²) in [6, 6.07) is 6.61. The minimum absolute atomic E-state index is 0. The zero-order chi connectivity index (χ0) is 13.1. The van der Waals surface area contributed by atoms with Gasteiger partial charge in [-0.1, -0.05) is 6.07 Å².